The van der Waals surface area contributed by atoms with Crippen molar-refractivity contribution in [1.29, 1.82) is 0 Å². The molecule has 2 aromatic carbocycles. The molecule has 1 heterocycles. The van der Waals surface area contributed by atoms with Crippen LogP contribution in [0.2, 0.25) is 0 Å². The van der Waals surface area contributed by atoms with Gasteiger partial charge < -0.3 is 5.32 Å². The molecule has 0 saturated carbocycles. The number of imidazole rings is 1. The second-order valence-corrected chi connectivity index (χ2v) is 7.10. The second kappa shape index (κ2) is 8.64. The van der Waals surface area contributed by atoms with Crippen molar-refractivity contribution in [3.8, 4) is 16.9 Å². The Morgan fingerprint density at radius 1 is 1.11 bits per heavy atom. The van der Waals surface area contributed by atoms with Gasteiger partial charge in [0.25, 0.3) is 0 Å². The van der Waals surface area contributed by atoms with Crippen LogP contribution < -0.4 is 10.6 Å². The van der Waals surface area contributed by atoms with Gasteiger partial charge in [-0.15, -0.1) is 0 Å². The maximum absolute atomic E-state index is 12.4. The Hall–Kier alpha value is -2.92. The molecule has 2 N–H and O–H groups in total. The van der Waals surface area contributed by atoms with E-state index in [-0.39, 0.29) is 12.5 Å². The predicted molar refractivity (Wildman–Crippen MR) is 110 cm³/mol. The third-order valence-electron chi connectivity index (χ3n) is 4.14. The summed E-state index contributed by atoms with van der Waals surface area (Å²) in [5.41, 5.74) is 3.95. The molecule has 3 aromatic rings. The highest BCUT2D eigenvalue weighted by atomic mass is 16.2. The van der Waals surface area contributed by atoms with Crippen LogP contribution in [0.3, 0.4) is 0 Å². The summed E-state index contributed by atoms with van der Waals surface area (Å²) < 4.78 is 1.93. The fourth-order valence-electron chi connectivity index (χ4n) is 2.83. The number of amides is 1. The van der Waals surface area contributed by atoms with Gasteiger partial charge in [-0.3, -0.25) is 14.7 Å². The number of nitrogens with one attached hydrogen (secondary N) is 2. The minimum absolute atomic E-state index is 0.102. The van der Waals surface area contributed by atoms with Crippen LogP contribution in [-0.2, 0) is 4.79 Å². The molecule has 0 aliphatic heterocycles. The first kappa shape index (κ1) is 18.9. The van der Waals surface area contributed by atoms with E-state index < -0.39 is 0 Å². The average Bonchev–Trinajstić information content (AvgIpc) is 3.06. The van der Waals surface area contributed by atoms with E-state index in [1.54, 1.807) is 0 Å². The number of benzene rings is 2. The Bertz CT molecular complexity index is 900. The highest BCUT2D eigenvalue weighted by Gasteiger charge is 2.14. The fraction of sp³-hybridized carbons (Fsp3) is 0.273. The lowest BCUT2D eigenvalue weighted by molar-refractivity contribution is -0.115. The van der Waals surface area contributed by atoms with Crippen LogP contribution in [0.15, 0.2) is 60.8 Å². The lowest BCUT2D eigenvalue weighted by Crippen LogP contribution is -2.31. The number of rotatable bonds is 7. The van der Waals surface area contributed by atoms with Gasteiger partial charge in [-0.05, 0) is 37.1 Å². The van der Waals surface area contributed by atoms with Crippen LogP contribution in [0.4, 0.5) is 5.95 Å². The minimum Gasteiger partial charge on any atom is -0.308 e. The summed E-state index contributed by atoms with van der Waals surface area (Å²) in [6, 6.07) is 18.1. The van der Waals surface area contributed by atoms with E-state index in [0.29, 0.717) is 11.9 Å². The normalized spacial score (nSPS) is 11.0. The van der Waals surface area contributed by atoms with Crippen molar-refractivity contribution in [2.24, 2.45) is 5.92 Å². The Kier molecular flexibility index (Phi) is 6.04. The molecule has 1 amide bonds. The van der Waals surface area contributed by atoms with E-state index in [4.69, 9.17) is 0 Å². The highest BCUT2D eigenvalue weighted by Crippen LogP contribution is 2.24. The summed E-state index contributed by atoms with van der Waals surface area (Å²) in [5.74, 6) is 0.919. The Labute approximate surface area is 160 Å². The van der Waals surface area contributed by atoms with E-state index in [2.05, 4.69) is 35.5 Å². The molecule has 0 unspecified atom stereocenters. The molecule has 3 rings (SSSR count). The number of carbonyl (C=O) groups excluding carboxylic acids is 1. The molecular formula is C22H26N4O. The van der Waals surface area contributed by atoms with Gasteiger partial charge in [0.15, 0.2) is 0 Å². The summed E-state index contributed by atoms with van der Waals surface area (Å²) in [7, 11) is 0. The number of hydrogen-bond donors (Lipinski definition) is 2. The minimum atomic E-state index is -0.102. The van der Waals surface area contributed by atoms with E-state index in [1.165, 1.54) is 0 Å². The van der Waals surface area contributed by atoms with Crippen LogP contribution in [-0.4, -0.2) is 28.5 Å². The van der Waals surface area contributed by atoms with Crippen LogP contribution in [0, 0.1) is 12.8 Å². The zero-order chi connectivity index (χ0) is 19.2. The zero-order valence-electron chi connectivity index (χ0n) is 16.1. The molecule has 140 valence electrons. The van der Waals surface area contributed by atoms with Gasteiger partial charge in [-0.1, -0.05) is 56.3 Å². The van der Waals surface area contributed by atoms with Gasteiger partial charge in [-0.2, -0.15) is 0 Å². The van der Waals surface area contributed by atoms with Gasteiger partial charge >= 0.3 is 0 Å². The zero-order valence-corrected chi connectivity index (χ0v) is 16.1. The summed E-state index contributed by atoms with van der Waals surface area (Å²) in [6.45, 7) is 7.34. The Morgan fingerprint density at radius 2 is 1.89 bits per heavy atom. The first-order chi connectivity index (χ1) is 13.0. The maximum Gasteiger partial charge on any atom is 0.240 e. The van der Waals surface area contributed by atoms with Crippen molar-refractivity contribution in [2.45, 2.75) is 20.8 Å². The van der Waals surface area contributed by atoms with Crippen molar-refractivity contribution in [3.63, 3.8) is 0 Å². The largest absolute Gasteiger partial charge is 0.308 e. The smallest absolute Gasteiger partial charge is 0.240 e. The Morgan fingerprint density at radius 3 is 2.59 bits per heavy atom. The molecule has 0 aliphatic rings. The summed E-state index contributed by atoms with van der Waals surface area (Å²) in [5, 5.41) is 6.11. The second-order valence-electron chi connectivity index (χ2n) is 7.10. The molecular weight excluding hydrogens is 336 g/mol. The number of hydrogen-bond acceptors (Lipinski definition) is 3. The van der Waals surface area contributed by atoms with Crippen LogP contribution in [0.5, 0.6) is 0 Å². The fourth-order valence-corrected chi connectivity index (χ4v) is 2.83. The molecule has 5 nitrogen and oxygen atoms in total. The number of carbonyl (C=O) groups is 1. The van der Waals surface area contributed by atoms with Crippen molar-refractivity contribution in [3.05, 3.63) is 66.4 Å². The molecule has 5 heteroatoms. The van der Waals surface area contributed by atoms with Crippen LogP contribution in [0.1, 0.15) is 19.4 Å². The molecule has 0 bridgehead atoms. The summed E-state index contributed by atoms with van der Waals surface area (Å²) >= 11 is 0. The van der Waals surface area contributed by atoms with Crippen molar-refractivity contribution in [1.82, 2.24) is 14.9 Å². The number of nitrogens with zero attached hydrogens (tertiary/aromatic N) is 2. The predicted octanol–water partition coefficient (Wildman–Crippen LogP) is 4.03. The monoisotopic (exact) mass is 362 g/mol. The van der Waals surface area contributed by atoms with E-state index in [0.717, 1.165) is 29.1 Å². The van der Waals surface area contributed by atoms with Crippen LogP contribution >= 0.6 is 0 Å². The number of aryl methyl sites for hydroxylation is 1. The molecule has 0 atom stereocenters. The number of anilines is 1. The third-order valence-corrected chi connectivity index (χ3v) is 4.14. The van der Waals surface area contributed by atoms with Gasteiger partial charge in [-0.25, -0.2) is 4.98 Å². The van der Waals surface area contributed by atoms with Gasteiger partial charge in [0, 0.05) is 17.4 Å². The topological polar surface area (TPSA) is 59.0 Å². The van der Waals surface area contributed by atoms with Gasteiger partial charge in [0.2, 0.25) is 11.9 Å². The standard InChI is InChI=1S/C22H26N4O/c1-16(2)13-23-14-21(27)25-22-24-20(18-9-5-4-6-10-18)15-26(22)19-11-7-8-17(3)12-19/h4-12,15-16,23H,13-14H2,1-3H3,(H,24,25,27). The molecule has 27 heavy (non-hydrogen) atoms. The third kappa shape index (κ3) is 5.05. The van der Waals surface area contributed by atoms with Gasteiger partial charge in [0.05, 0.1) is 12.2 Å². The lowest BCUT2D eigenvalue weighted by atomic mass is 10.2. The molecule has 0 radical (unpaired) electrons. The SMILES string of the molecule is Cc1cccc(-n2cc(-c3ccccc3)nc2NC(=O)CNCC(C)C)c1. The van der Waals surface area contributed by atoms with Crippen molar-refractivity contribution >= 4 is 11.9 Å². The molecule has 0 saturated heterocycles. The van der Waals surface area contributed by atoms with Crippen molar-refractivity contribution in [2.75, 3.05) is 18.4 Å². The van der Waals surface area contributed by atoms with Gasteiger partial charge in [0.1, 0.15) is 0 Å². The number of aromatic nitrogens is 2. The van der Waals surface area contributed by atoms with Crippen LogP contribution in [0.25, 0.3) is 16.9 Å². The average molecular weight is 362 g/mol. The van der Waals surface area contributed by atoms with E-state index in [1.807, 2.05) is 66.2 Å². The first-order valence-electron chi connectivity index (χ1n) is 9.25. The molecule has 1 aromatic heterocycles. The molecule has 0 spiro atoms. The molecule has 0 aliphatic carbocycles. The lowest BCUT2D eigenvalue weighted by Gasteiger charge is -2.10. The van der Waals surface area contributed by atoms with Crippen molar-refractivity contribution < 1.29 is 4.79 Å². The maximum atomic E-state index is 12.4. The van der Waals surface area contributed by atoms with E-state index in [9.17, 15) is 4.79 Å². The first-order valence-corrected chi connectivity index (χ1v) is 9.25. The van der Waals surface area contributed by atoms with E-state index >= 15 is 0 Å². The summed E-state index contributed by atoms with van der Waals surface area (Å²) in [4.78, 5) is 17.0. The summed E-state index contributed by atoms with van der Waals surface area (Å²) in [6.07, 6.45) is 1.96. The quantitative estimate of drug-likeness (QED) is 0.667. The molecule has 0 fully saturated rings. The highest BCUT2D eigenvalue weighted by molar-refractivity contribution is 5.91. The Balaban J connectivity index is 1.88.